The number of carbonyl (C=O) groups is 2. The average molecular weight is 697 g/mol. The molecule has 5 rings (SSSR count). The second-order valence-corrected chi connectivity index (χ2v) is 11.0. The maximum absolute atomic E-state index is 14.0. The topological polar surface area (TPSA) is 145 Å². The van der Waals surface area contributed by atoms with Crippen molar-refractivity contribution in [2.24, 2.45) is 0 Å². The summed E-state index contributed by atoms with van der Waals surface area (Å²) in [5.74, 6) is -1.65. The third-order valence-electron chi connectivity index (χ3n) is 7.98. The van der Waals surface area contributed by atoms with Crippen LogP contribution in [-0.4, -0.2) is 57.6 Å². The van der Waals surface area contributed by atoms with E-state index >= 15 is 0 Å². The van der Waals surface area contributed by atoms with Gasteiger partial charge in [0.2, 0.25) is 0 Å². The van der Waals surface area contributed by atoms with Gasteiger partial charge < -0.3 is 19.3 Å². The van der Waals surface area contributed by atoms with Gasteiger partial charge in [-0.1, -0.05) is 24.3 Å². The zero-order valence-electron chi connectivity index (χ0n) is 26.0. The van der Waals surface area contributed by atoms with Crippen molar-refractivity contribution in [3.63, 3.8) is 0 Å². The molecule has 1 fully saturated rings. The number of carbonyl (C=O) groups excluding carboxylic acids is 2. The number of benzene rings is 4. The summed E-state index contributed by atoms with van der Waals surface area (Å²) in [6.45, 7) is -0.584. The van der Waals surface area contributed by atoms with Crippen LogP contribution in [0.4, 0.5) is 28.9 Å². The van der Waals surface area contributed by atoms with Crippen LogP contribution in [-0.2, 0) is 13.2 Å². The molecule has 0 radical (unpaired) electrons. The highest BCUT2D eigenvalue weighted by atomic mass is 19.3. The molecule has 0 spiro atoms. The monoisotopic (exact) mass is 696 g/mol. The maximum Gasteiger partial charge on any atom is 0.276 e. The Hall–Kier alpha value is -6.06. The van der Waals surface area contributed by atoms with Gasteiger partial charge >= 0.3 is 0 Å². The molecule has 0 saturated carbocycles. The van der Waals surface area contributed by atoms with Crippen LogP contribution in [0.2, 0.25) is 0 Å². The smallest absolute Gasteiger partial charge is 0.276 e. The number of halogens is 4. The second kappa shape index (κ2) is 15.4. The molecule has 16 heteroatoms. The van der Waals surface area contributed by atoms with Gasteiger partial charge in [0.15, 0.2) is 0 Å². The summed E-state index contributed by atoms with van der Waals surface area (Å²) in [4.78, 5) is 50.5. The Kier molecular flexibility index (Phi) is 10.9. The number of nitro groups is 2. The highest BCUT2D eigenvalue weighted by Crippen LogP contribution is 2.33. The molecule has 4 aromatic carbocycles. The van der Waals surface area contributed by atoms with E-state index in [9.17, 15) is 47.4 Å². The van der Waals surface area contributed by atoms with Crippen LogP contribution in [0.25, 0.3) is 0 Å². The predicted octanol–water partition coefficient (Wildman–Crippen LogP) is 7.13. The van der Waals surface area contributed by atoms with E-state index in [1.54, 1.807) is 12.1 Å². The van der Waals surface area contributed by atoms with Gasteiger partial charge in [-0.2, -0.15) is 0 Å². The first-order valence-electron chi connectivity index (χ1n) is 15.1. The first kappa shape index (κ1) is 35.3. The highest BCUT2D eigenvalue weighted by molar-refractivity contribution is 5.96. The van der Waals surface area contributed by atoms with Crippen LogP contribution < -0.4 is 9.47 Å². The van der Waals surface area contributed by atoms with Crippen molar-refractivity contribution < 1.29 is 46.5 Å². The molecule has 12 nitrogen and oxygen atoms in total. The lowest BCUT2D eigenvalue weighted by molar-refractivity contribution is -0.386. The Morgan fingerprint density at radius 3 is 1.32 bits per heavy atom. The molecule has 0 unspecified atom stereocenters. The van der Waals surface area contributed by atoms with Gasteiger partial charge in [0.25, 0.3) is 36.0 Å². The fourth-order valence-electron chi connectivity index (χ4n) is 5.38. The number of ether oxygens (including phenoxy) is 2. The van der Waals surface area contributed by atoms with Gasteiger partial charge in [-0.3, -0.25) is 29.8 Å². The Morgan fingerprint density at radius 2 is 0.980 bits per heavy atom. The molecule has 50 heavy (non-hydrogen) atoms. The minimum absolute atomic E-state index is 0.0310. The summed E-state index contributed by atoms with van der Waals surface area (Å²) >= 11 is 0. The lowest BCUT2D eigenvalue weighted by Crippen LogP contribution is -2.50. The molecule has 0 aromatic heterocycles. The lowest BCUT2D eigenvalue weighted by atomic mass is 10.1. The normalized spacial score (nSPS) is 13.0. The molecule has 1 aliphatic rings. The summed E-state index contributed by atoms with van der Waals surface area (Å²) in [5.41, 5.74) is -1.38. The number of hydrogen-bond acceptors (Lipinski definition) is 8. The average Bonchev–Trinajstić information content (AvgIpc) is 3.12. The van der Waals surface area contributed by atoms with Gasteiger partial charge in [0.05, 0.1) is 32.1 Å². The van der Waals surface area contributed by atoms with Crippen molar-refractivity contribution in [1.29, 1.82) is 0 Å². The van der Waals surface area contributed by atoms with Crippen molar-refractivity contribution in [3.05, 3.63) is 139 Å². The molecular formula is C34H28F4N4O8. The predicted molar refractivity (Wildman–Crippen MR) is 169 cm³/mol. The Morgan fingerprint density at radius 1 is 0.620 bits per heavy atom. The van der Waals surface area contributed by atoms with Crippen LogP contribution in [0.15, 0.2) is 84.9 Å². The summed E-state index contributed by atoms with van der Waals surface area (Å²) in [5, 5.41) is 22.5. The van der Waals surface area contributed by atoms with E-state index in [2.05, 4.69) is 0 Å². The number of hydrogen-bond donors (Lipinski definition) is 0. The first-order chi connectivity index (χ1) is 23.9. The van der Waals surface area contributed by atoms with E-state index in [1.165, 1.54) is 70.5 Å². The van der Waals surface area contributed by atoms with E-state index < -0.39 is 45.6 Å². The van der Waals surface area contributed by atoms with Crippen molar-refractivity contribution in [2.45, 2.75) is 26.1 Å². The Balaban J connectivity index is 1.22. The molecule has 0 atom stereocenters. The number of nitro benzene ring substituents is 2. The number of piperazine rings is 1. The van der Waals surface area contributed by atoms with Gasteiger partial charge in [-0.25, -0.2) is 17.6 Å². The van der Waals surface area contributed by atoms with E-state index in [-0.39, 0.29) is 84.5 Å². The van der Waals surface area contributed by atoms with E-state index in [0.29, 0.717) is 0 Å². The number of amides is 2. The molecular weight excluding hydrogens is 668 g/mol. The second-order valence-electron chi connectivity index (χ2n) is 11.0. The maximum atomic E-state index is 14.0. The van der Waals surface area contributed by atoms with Crippen molar-refractivity contribution in [1.82, 2.24) is 9.80 Å². The number of alkyl halides is 4. The Labute approximate surface area is 281 Å². The summed E-state index contributed by atoms with van der Waals surface area (Å²) in [7, 11) is 0. The van der Waals surface area contributed by atoms with Gasteiger partial charge in [-0.05, 0) is 48.5 Å². The zero-order chi connectivity index (χ0) is 35.9. The van der Waals surface area contributed by atoms with Crippen molar-refractivity contribution in [3.8, 4) is 11.5 Å². The molecule has 260 valence electrons. The SMILES string of the molecule is O=C(c1ccc(OCc2ccccc2[N+](=O)[O-])c(C(F)F)c1)N1CCN(C(=O)c2ccc(OCc3ccccc3[N+](=O)[O-])c(C(F)F)c2)CC1. The molecule has 0 aliphatic carbocycles. The van der Waals surface area contributed by atoms with E-state index in [4.69, 9.17) is 9.47 Å². The minimum Gasteiger partial charge on any atom is -0.488 e. The third kappa shape index (κ3) is 7.97. The van der Waals surface area contributed by atoms with Gasteiger partial charge in [0.1, 0.15) is 24.7 Å². The van der Waals surface area contributed by atoms with Gasteiger partial charge in [0, 0.05) is 49.4 Å². The fourth-order valence-corrected chi connectivity index (χ4v) is 5.38. The largest absolute Gasteiger partial charge is 0.488 e. The van der Waals surface area contributed by atoms with Crippen LogP contribution in [0.3, 0.4) is 0 Å². The summed E-state index contributed by atoms with van der Waals surface area (Å²) in [6.07, 6.45) is -6.05. The summed E-state index contributed by atoms with van der Waals surface area (Å²) < 4.78 is 66.9. The molecule has 1 aliphatic heterocycles. The Bertz CT molecular complexity index is 1780. The molecule has 4 aromatic rings. The zero-order valence-corrected chi connectivity index (χ0v) is 26.0. The van der Waals surface area contributed by atoms with Crippen LogP contribution in [0.1, 0.15) is 55.8 Å². The fraction of sp³-hybridized carbons (Fsp3) is 0.235. The van der Waals surface area contributed by atoms with Crippen LogP contribution in [0.5, 0.6) is 11.5 Å². The molecule has 0 N–H and O–H groups in total. The number of rotatable bonds is 12. The van der Waals surface area contributed by atoms with Crippen LogP contribution in [0, 0.1) is 20.2 Å². The number of para-hydroxylation sites is 2. The van der Waals surface area contributed by atoms with Crippen molar-refractivity contribution >= 4 is 23.2 Å². The molecule has 1 heterocycles. The third-order valence-corrected chi connectivity index (χ3v) is 7.98. The minimum atomic E-state index is -3.02. The molecule has 2 amide bonds. The van der Waals surface area contributed by atoms with E-state index in [0.717, 1.165) is 12.1 Å². The lowest BCUT2D eigenvalue weighted by Gasteiger charge is -2.35. The number of nitrogens with zero attached hydrogens (tertiary/aromatic N) is 4. The highest BCUT2D eigenvalue weighted by Gasteiger charge is 2.28. The standard InChI is InChI=1S/C34H28F4N4O8/c35-31(36)25-17-21(9-11-29(25)49-19-23-5-1-3-7-27(23)41(45)46)33(43)39-13-15-40(16-14-39)34(44)22-10-12-30(26(18-22)32(37)38)50-20-24-6-2-4-8-28(24)42(47)48/h1-12,17-18,31-32H,13-16,19-20H2. The first-order valence-corrected chi connectivity index (χ1v) is 15.1. The van der Waals surface area contributed by atoms with Crippen LogP contribution >= 0.6 is 0 Å². The van der Waals surface area contributed by atoms with Gasteiger partial charge in [-0.15, -0.1) is 0 Å². The molecule has 1 saturated heterocycles. The summed E-state index contributed by atoms with van der Waals surface area (Å²) in [6, 6.07) is 18.4. The van der Waals surface area contributed by atoms with Crippen molar-refractivity contribution in [2.75, 3.05) is 26.2 Å². The quantitative estimate of drug-likeness (QED) is 0.0864. The van der Waals surface area contributed by atoms with E-state index in [1.807, 2.05) is 0 Å². The molecule has 0 bridgehead atoms.